The number of carbonyl (C=O) groups excluding carboxylic acids is 8. The second-order valence-corrected chi connectivity index (χ2v) is 17.5. The Morgan fingerprint density at radius 3 is 1.78 bits per heavy atom. The van der Waals surface area contributed by atoms with E-state index in [0.717, 1.165) is 11.1 Å². The van der Waals surface area contributed by atoms with Crippen molar-refractivity contribution >= 4 is 47.5 Å². The Balaban J connectivity index is 1.11. The number of hydrogen-bond donors (Lipinski definition) is 5. The molecule has 17 nitrogen and oxygen atoms in total. The van der Waals surface area contributed by atoms with Crippen LogP contribution < -0.4 is 26.6 Å². The Bertz CT molecular complexity index is 2070. The zero-order valence-corrected chi connectivity index (χ0v) is 37.1. The van der Waals surface area contributed by atoms with Crippen molar-refractivity contribution in [1.82, 2.24) is 36.4 Å². The predicted octanol–water partition coefficient (Wildman–Crippen LogP) is 1.79. The molecule has 17 heteroatoms. The number of allylic oxidation sites excluding steroid dienone is 1. The highest BCUT2D eigenvalue weighted by molar-refractivity contribution is 5.96. The number of hydrogen-bond acceptors (Lipinski definition) is 10. The van der Waals surface area contributed by atoms with Gasteiger partial charge in [-0.3, -0.25) is 24.0 Å². The summed E-state index contributed by atoms with van der Waals surface area (Å²) in [5, 5.41) is 14.1. The van der Waals surface area contributed by atoms with Crippen molar-refractivity contribution in [3.8, 4) is 0 Å². The van der Waals surface area contributed by atoms with Gasteiger partial charge in [-0.25, -0.2) is 14.4 Å². The van der Waals surface area contributed by atoms with Crippen LogP contribution in [0.25, 0.3) is 0 Å². The quantitative estimate of drug-likeness (QED) is 0.115. The minimum Gasteiger partial charge on any atom is -0.467 e. The number of carbonyl (C=O) groups is 8. The molecule has 2 aliphatic carbocycles. The molecule has 344 valence electrons. The lowest BCUT2D eigenvalue weighted by molar-refractivity contribution is -0.147. The minimum absolute atomic E-state index is 0.119. The first kappa shape index (κ1) is 47.2. The summed E-state index contributed by atoms with van der Waals surface area (Å²) in [6, 6.07) is 11.4. The third kappa shape index (κ3) is 11.1. The maximum atomic E-state index is 14.4. The van der Waals surface area contributed by atoms with Gasteiger partial charge in [-0.05, 0) is 67.9 Å². The maximum absolute atomic E-state index is 14.4. The first-order valence-corrected chi connectivity index (χ1v) is 22.2. The third-order valence-corrected chi connectivity index (χ3v) is 12.9. The van der Waals surface area contributed by atoms with Crippen LogP contribution in [0.4, 0.5) is 4.79 Å². The van der Waals surface area contributed by atoms with Crippen LogP contribution in [0.5, 0.6) is 0 Å². The van der Waals surface area contributed by atoms with Crippen molar-refractivity contribution in [1.29, 1.82) is 0 Å². The Kier molecular flexibility index (Phi) is 15.8. The van der Waals surface area contributed by atoms with E-state index in [2.05, 4.69) is 26.6 Å². The summed E-state index contributed by atoms with van der Waals surface area (Å²) in [5.74, 6) is -4.90. The van der Waals surface area contributed by atoms with Crippen LogP contribution in [-0.2, 0) is 55.9 Å². The summed E-state index contributed by atoms with van der Waals surface area (Å²) in [7, 11) is 2.48. The number of likely N-dealkylation sites (tertiary alicyclic amines) is 2. The molecular formula is C47H61N7O10. The van der Waals surface area contributed by atoms with Gasteiger partial charge in [0.2, 0.25) is 29.5 Å². The number of amides is 7. The van der Waals surface area contributed by atoms with E-state index in [0.29, 0.717) is 38.6 Å². The summed E-state index contributed by atoms with van der Waals surface area (Å²) in [5.41, 5.74) is 1.58. The van der Waals surface area contributed by atoms with Crippen LogP contribution in [0, 0.1) is 23.7 Å². The van der Waals surface area contributed by atoms with Gasteiger partial charge in [0.25, 0.3) is 0 Å². The number of nitrogens with one attached hydrogen (secondary N) is 5. The monoisotopic (exact) mass is 883 g/mol. The normalized spacial score (nSPS) is 24.0. The number of rotatable bonds is 17. The average molecular weight is 884 g/mol. The van der Waals surface area contributed by atoms with E-state index < -0.39 is 89.8 Å². The van der Waals surface area contributed by atoms with Crippen molar-refractivity contribution in [2.45, 2.75) is 108 Å². The number of fused-ring (bicyclic) bond motifs is 2. The van der Waals surface area contributed by atoms with Crippen LogP contribution in [0.2, 0.25) is 0 Å². The zero-order valence-electron chi connectivity index (χ0n) is 37.1. The fraction of sp³-hybridized carbons (Fsp3) is 0.532. The molecule has 2 bridgehead atoms. The molecule has 3 fully saturated rings. The molecule has 7 amide bonds. The van der Waals surface area contributed by atoms with Gasteiger partial charge in [0.1, 0.15) is 36.3 Å². The van der Waals surface area contributed by atoms with E-state index in [1.54, 1.807) is 18.7 Å². The van der Waals surface area contributed by atoms with Gasteiger partial charge < -0.3 is 45.9 Å². The second-order valence-electron chi connectivity index (χ2n) is 17.5. The van der Waals surface area contributed by atoms with E-state index in [1.807, 2.05) is 72.8 Å². The molecule has 6 rings (SSSR count). The van der Waals surface area contributed by atoms with Crippen LogP contribution in [0.3, 0.4) is 0 Å². The average Bonchev–Trinajstić information content (AvgIpc) is 4.13. The van der Waals surface area contributed by atoms with Crippen LogP contribution in [-0.4, -0.2) is 127 Å². The molecule has 2 aliphatic heterocycles. The maximum Gasteiger partial charge on any atom is 0.328 e. The summed E-state index contributed by atoms with van der Waals surface area (Å²) in [6.07, 6.45) is 6.74. The Morgan fingerprint density at radius 1 is 0.641 bits per heavy atom. The molecule has 2 aromatic rings. The van der Waals surface area contributed by atoms with Crippen molar-refractivity contribution in [2.24, 2.45) is 23.7 Å². The summed E-state index contributed by atoms with van der Waals surface area (Å²) < 4.78 is 9.83. The summed E-state index contributed by atoms with van der Waals surface area (Å²) in [6.45, 7) is 5.63. The molecule has 10 atom stereocenters. The van der Waals surface area contributed by atoms with E-state index in [4.69, 9.17) is 9.47 Å². The highest BCUT2D eigenvalue weighted by Crippen LogP contribution is 2.45. The predicted molar refractivity (Wildman–Crippen MR) is 234 cm³/mol. The topological polar surface area (TPSA) is 222 Å². The molecule has 64 heavy (non-hydrogen) atoms. The Labute approximate surface area is 373 Å². The lowest BCUT2D eigenvalue weighted by Crippen LogP contribution is -2.59. The fourth-order valence-electron chi connectivity index (χ4n) is 9.42. The lowest BCUT2D eigenvalue weighted by atomic mass is 9.87. The number of nitrogens with zero attached hydrogens (tertiary/aromatic N) is 2. The van der Waals surface area contributed by atoms with Gasteiger partial charge in [0.15, 0.2) is 0 Å². The Hall–Kier alpha value is -6.26. The highest BCUT2D eigenvalue weighted by Gasteiger charge is 2.52. The first-order valence-electron chi connectivity index (χ1n) is 22.2. The van der Waals surface area contributed by atoms with Gasteiger partial charge in [-0.1, -0.05) is 86.7 Å². The van der Waals surface area contributed by atoms with E-state index in [1.165, 1.54) is 26.0 Å². The molecule has 0 radical (unpaired) electrons. The van der Waals surface area contributed by atoms with Gasteiger partial charge in [-0.2, -0.15) is 0 Å². The molecule has 0 unspecified atom stereocenters. The first-order chi connectivity index (χ1) is 30.7. The van der Waals surface area contributed by atoms with Crippen LogP contribution >= 0.6 is 0 Å². The standard InChI is InChI=1S/C47H61N7O10/c1-27(2)38(46(61)64-5)51-40(55)28(3)48-42(57)35-18-12-22-53(35)44(59)37-31-20-21-32(26-31)39(37)52-47(62)54-23-13-19-36(54)43(58)49-33(24-29-14-8-6-9-15-29)41(56)50-34(45(60)63-4)25-30-16-10-7-11-17-30/h6-11,14-17,20-21,27-28,31-39H,12-13,18-19,22-26H2,1-5H3,(H,48,57)(H,49,58)(H,50,56)(H,51,55)(H,52,62)/t28-,31+,32-,33-,34-,35-,36-,37+,38-,39-/m0/s1. The smallest absolute Gasteiger partial charge is 0.328 e. The molecule has 5 N–H and O–H groups in total. The van der Waals surface area contributed by atoms with Gasteiger partial charge in [-0.15, -0.1) is 0 Å². The number of ether oxygens (including phenoxy) is 2. The Morgan fingerprint density at radius 2 is 1.19 bits per heavy atom. The van der Waals surface area contributed by atoms with Crippen molar-refractivity contribution < 1.29 is 47.8 Å². The fourth-order valence-corrected chi connectivity index (χ4v) is 9.42. The van der Waals surface area contributed by atoms with Gasteiger partial charge in [0.05, 0.1) is 20.1 Å². The number of benzene rings is 2. The molecule has 1 saturated carbocycles. The molecular weight excluding hydrogens is 823 g/mol. The van der Waals surface area contributed by atoms with Crippen molar-refractivity contribution in [3.63, 3.8) is 0 Å². The van der Waals surface area contributed by atoms with Crippen molar-refractivity contribution in [2.75, 3.05) is 27.3 Å². The van der Waals surface area contributed by atoms with E-state index in [9.17, 15) is 38.4 Å². The number of methoxy groups -OCH3 is 2. The van der Waals surface area contributed by atoms with E-state index in [-0.39, 0.29) is 43.0 Å². The molecule has 2 heterocycles. The third-order valence-electron chi connectivity index (χ3n) is 12.9. The second kappa shape index (κ2) is 21.4. The highest BCUT2D eigenvalue weighted by atomic mass is 16.5. The molecule has 4 aliphatic rings. The number of esters is 2. The summed E-state index contributed by atoms with van der Waals surface area (Å²) >= 11 is 0. The van der Waals surface area contributed by atoms with Crippen LogP contribution in [0.1, 0.15) is 64.0 Å². The largest absolute Gasteiger partial charge is 0.467 e. The SMILES string of the molecule is COC(=O)[C@H](Cc1ccccc1)NC(=O)[C@H](Cc1ccccc1)NC(=O)[C@@H]1CCCN1C(=O)N[C@@H]1[C@H](C(=O)N2CCC[C@H]2C(=O)N[C@@H](C)C(=O)N[C@H](C(=O)OC)C(C)C)[C@@H]2C=C[C@H]1C2. The van der Waals surface area contributed by atoms with E-state index >= 15 is 0 Å². The minimum atomic E-state index is -1.10. The van der Waals surface area contributed by atoms with Gasteiger partial charge in [0, 0.05) is 32.0 Å². The number of urea groups is 1. The molecule has 0 spiro atoms. The lowest BCUT2D eigenvalue weighted by Gasteiger charge is -2.35. The molecule has 2 saturated heterocycles. The molecule has 0 aromatic heterocycles. The zero-order chi connectivity index (χ0) is 46.1. The van der Waals surface area contributed by atoms with Crippen LogP contribution in [0.15, 0.2) is 72.8 Å². The van der Waals surface area contributed by atoms with Crippen molar-refractivity contribution in [3.05, 3.63) is 83.9 Å². The summed E-state index contributed by atoms with van der Waals surface area (Å²) in [4.78, 5) is 111. The van der Waals surface area contributed by atoms with Gasteiger partial charge >= 0.3 is 18.0 Å². The molecule has 2 aromatic carbocycles.